The van der Waals surface area contributed by atoms with Gasteiger partial charge in [0.15, 0.2) is 6.61 Å². The number of carbonyl (C=O) groups excluding carboxylic acids is 2. The second kappa shape index (κ2) is 6.93. The lowest BCUT2D eigenvalue weighted by Gasteiger charge is -2.17. The molecule has 1 aromatic rings. The molecule has 110 valence electrons. The van der Waals surface area contributed by atoms with Crippen molar-refractivity contribution in [2.75, 3.05) is 6.61 Å². The van der Waals surface area contributed by atoms with E-state index in [0.29, 0.717) is 12.2 Å². The molecule has 0 aliphatic carbocycles. The maximum absolute atomic E-state index is 11.5. The zero-order valence-corrected chi connectivity index (χ0v) is 12.4. The topological polar surface area (TPSA) is 67.4 Å². The molecule has 2 N–H and O–H groups in total. The zero-order chi connectivity index (χ0) is 15.2. The van der Waals surface area contributed by atoms with Crippen molar-refractivity contribution in [2.45, 2.75) is 34.1 Å². The van der Waals surface area contributed by atoms with Gasteiger partial charge in [-0.1, -0.05) is 32.9 Å². The van der Waals surface area contributed by atoms with Gasteiger partial charge in [-0.15, -0.1) is 0 Å². The Bertz CT molecular complexity index is 478. The number of rotatable bonds is 4. The normalized spacial score (nSPS) is 10.8. The first-order chi connectivity index (χ1) is 9.26. The molecule has 5 nitrogen and oxygen atoms in total. The van der Waals surface area contributed by atoms with Crippen molar-refractivity contribution in [3.05, 3.63) is 29.8 Å². The van der Waals surface area contributed by atoms with Crippen LogP contribution in [0.5, 0.6) is 5.75 Å². The summed E-state index contributed by atoms with van der Waals surface area (Å²) in [6, 6.07) is 7.41. The van der Waals surface area contributed by atoms with E-state index in [4.69, 9.17) is 4.74 Å². The van der Waals surface area contributed by atoms with Crippen LogP contribution in [-0.4, -0.2) is 18.4 Å². The van der Waals surface area contributed by atoms with Crippen molar-refractivity contribution in [3.8, 4) is 5.75 Å². The first-order valence-corrected chi connectivity index (χ1v) is 6.53. The summed E-state index contributed by atoms with van der Waals surface area (Å²) in [6.07, 6.45) is 0.339. The molecule has 0 saturated heterocycles. The summed E-state index contributed by atoms with van der Waals surface area (Å²) in [5.74, 6) is 0.0105. The predicted molar refractivity (Wildman–Crippen MR) is 77.0 cm³/mol. The molecule has 0 aromatic heterocycles. The van der Waals surface area contributed by atoms with Crippen LogP contribution in [0.1, 0.15) is 32.8 Å². The van der Waals surface area contributed by atoms with Gasteiger partial charge in [0.1, 0.15) is 5.75 Å². The van der Waals surface area contributed by atoms with E-state index in [1.54, 1.807) is 6.07 Å². The number of hydrogen-bond donors (Lipinski definition) is 2. The molecule has 0 radical (unpaired) electrons. The van der Waals surface area contributed by atoms with E-state index in [9.17, 15) is 9.59 Å². The van der Waals surface area contributed by atoms with Gasteiger partial charge in [-0.3, -0.25) is 20.4 Å². The van der Waals surface area contributed by atoms with Gasteiger partial charge in [-0.05, 0) is 30.0 Å². The van der Waals surface area contributed by atoms with Crippen molar-refractivity contribution in [1.29, 1.82) is 0 Å². The highest BCUT2D eigenvalue weighted by Crippen LogP contribution is 2.17. The van der Waals surface area contributed by atoms with Gasteiger partial charge in [0.05, 0.1) is 0 Å². The average molecular weight is 278 g/mol. The second-order valence-electron chi connectivity index (χ2n) is 5.94. The molecule has 0 spiro atoms. The van der Waals surface area contributed by atoms with Crippen LogP contribution in [-0.2, 0) is 9.59 Å². The maximum atomic E-state index is 11.5. The summed E-state index contributed by atoms with van der Waals surface area (Å²) in [4.78, 5) is 23.0. The van der Waals surface area contributed by atoms with Crippen LogP contribution >= 0.6 is 0 Å². The maximum Gasteiger partial charge on any atom is 0.276 e. The summed E-state index contributed by atoms with van der Waals surface area (Å²) in [6.45, 7) is 7.67. The molecule has 5 heteroatoms. The minimum absolute atomic E-state index is 0.118. The summed E-state index contributed by atoms with van der Waals surface area (Å²) in [5.41, 5.74) is 5.63. The van der Waals surface area contributed by atoms with E-state index in [1.165, 1.54) is 0 Å². The standard InChI is InChI=1S/C15H22N2O3/c1-11-6-5-7-12(8-11)20-10-14(19)17-16-13(18)9-15(2,3)4/h5-8H,9-10H2,1-4H3,(H,16,18)(H,17,19). The van der Waals surface area contributed by atoms with Gasteiger partial charge in [0.25, 0.3) is 5.91 Å². The number of ether oxygens (including phenoxy) is 1. The Morgan fingerprint density at radius 3 is 2.40 bits per heavy atom. The average Bonchev–Trinajstić information content (AvgIpc) is 2.32. The third-order valence-electron chi connectivity index (χ3n) is 2.39. The van der Waals surface area contributed by atoms with Crippen LogP contribution < -0.4 is 15.6 Å². The molecule has 0 aliphatic rings. The third kappa shape index (κ3) is 6.78. The zero-order valence-electron chi connectivity index (χ0n) is 12.4. The number of carbonyl (C=O) groups is 2. The molecule has 0 fully saturated rings. The molecule has 0 bridgehead atoms. The molecule has 2 amide bonds. The SMILES string of the molecule is Cc1cccc(OCC(=O)NNC(=O)CC(C)(C)C)c1. The van der Waals surface area contributed by atoms with E-state index in [2.05, 4.69) is 10.9 Å². The Morgan fingerprint density at radius 2 is 1.80 bits per heavy atom. The van der Waals surface area contributed by atoms with Crippen LogP contribution in [0.2, 0.25) is 0 Å². The third-order valence-corrected chi connectivity index (χ3v) is 2.39. The molecule has 0 atom stereocenters. The quantitative estimate of drug-likeness (QED) is 0.827. The molecule has 1 rings (SSSR count). The van der Waals surface area contributed by atoms with E-state index in [0.717, 1.165) is 5.56 Å². The number of aryl methyl sites for hydroxylation is 1. The second-order valence-corrected chi connectivity index (χ2v) is 5.94. The number of hydrogen-bond acceptors (Lipinski definition) is 3. The highest BCUT2D eigenvalue weighted by Gasteiger charge is 2.16. The Morgan fingerprint density at radius 1 is 1.15 bits per heavy atom. The molecule has 0 saturated carbocycles. The van der Waals surface area contributed by atoms with E-state index in [-0.39, 0.29) is 17.9 Å². The number of nitrogens with one attached hydrogen (secondary N) is 2. The van der Waals surface area contributed by atoms with E-state index in [1.807, 2.05) is 45.9 Å². The number of amides is 2. The highest BCUT2D eigenvalue weighted by molar-refractivity contribution is 5.82. The monoisotopic (exact) mass is 278 g/mol. The van der Waals surface area contributed by atoms with Gasteiger partial charge in [0.2, 0.25) is 5.91 Å². The summed E-state index contributed by atoms with van der Waals surface area (Å²) >= 11 is 0. The van der Waals surface area contributed by atoms with Gasteiger partial charge in [-0.2, -0.15) is 0 Å². The fourth-order valence-corrected chi connectivity index (χ4v) is 1.56. The lowest BCUT2D eigenvalue weighted by Crippen LogP contribution is -2.44. The Hall–Kier alpha value is -2.04. The largest absolute Gasteiger partial charge is 0.484 e. The summed E-state index contributed by atoms with van der Waals surface area (Å²) in [7, 11) is 0. The fourth-order valence-electron chi connectivity index (χ4n) is 1.56. The minimum atomic E-state index is -0.395. The van der Waals surface area contributed by atoms with E-state index < -0.39 is 5.91 Å². The van der Waals surface area contributed by atoms with E-state index >= 15 is 0 Å². The van der Waals surface area contributed by atoms with Crippen molar-refractivity contribution in [1.82, 2.24) is 10.9 Å². The lowest BCUT2D eigenvalue weighted by molar-refractivity contribution is -0.130. The Balaban J connectivity index is 2.29. The van der Waals surface area contributed by atoms with Crippen LogP contribution in [0.4, 0.5) is 0 Å². The predicted octanol–water partition coefficient (Wildman–Crippen LogP) is 1.96. The first-order valence-electron chi connectivity index (χ1n) is 6.53. The van der Waals surface area contributed by atoms with Gasteiger partial charge in [0, 0.05) is 6.42 Å². The van der Waals surface area contributed by atoms with Crippen LogP contribution in [0, 0.1) is 12.3 Å². The first kappa shape index (κ1) is 16.0. The minimum Gasteiger partial charge on any atom is -0.484 e. The van der Waals surface area contributed by atoms with Crippen LogP contribution in [0.3, 0.4) is 0 Å². The van der Waals surface area contributed by atoms with Crippen molar-refractivity contribution >= 4 is 11.8 Å². The Labute approximate surface area is 119 Å². The van der Waals surface area contributed by atoms with Crippen molar-refractivity contribution in [3.63, 3.8) is 0 Å². The van der Waals surface area contributed by atoms with Crippen LogP contribution in [0.15, 0.2) is 24.3 Å². The van der Waals surface area contributed by atoms with Crippen LogP contribution in [0.25, 0.3) is 0 Å². The van der Waals surface area contributed by atoms with Crippen molar-refractivity contribution in [2.24, 2.45) is 5.41 Å². The number of benzene rings is 1. The molecule has 0 heterocycles. The molecule has 20 heavy (non-hydrogen) atoms. The molecule has 0 unspecified atom stereocenters. The fraction of sp³-hybridized carbons (Fsp3) is 0.467. The molecular weight excluding hydrogens is 256 g/mol. The van der Waals surface area contributed by atoms with Gasteiger partial charge >= 0.3 is 0 Å². The number of hydrazine groups is 1. The molecule has 0 aliphatic heterocycles. The molecular formula is C15H22N2O3. The highest BCUT2D eigenvalue weighted by atomic mass is 16.5. The Kier molecular flexibility index (Phi) is 5.55. The summed E-state index contributed by atoms with van der Waals surface area (Å²) < 4.78 is 5.32. The molecule has 1 aromatic carbocycles. The van der Waals surface area contributed by atoms with Gasteiger partial charge < -0.3 is 4.74 Å². The smallest absolute Gasteiger partial charge is 0.276 e. The van der Waals surface area contributed by atoms with Gasteiger partial charge in [-0.25, -0.2) is 0 Å². The summed E-state index contributed by atoms with van der Waals surface area (Å²) in [5, 5.41) is 0. The van der Waals surface area contributed by atoms with Crippen molar-refractivity contribution < 1.29 is 14.3 Å². The lowest BCUT2D eigenvalue weighted by atomic mass is 9.92.